The second-order valence-corrected chi connectivity index (χ2v) is 7.36. The Hall–Kier alpha value is -2.74. The zero-order chi connectivity index (χ0) is 18.7. The second kappa shape index (κ2) is 5.88. The Balaban J connectivity index is 1.46. The minimum atomic E-state index is -0.310. The molecule has 0 aliphatic carbocycles. The molecule has 9 heteroatoms. The molecule has 3 saturated heterocycles. The second-order valence-electron chi connectivity index (χ2n) is 6.99. The Morgan fingerprint density at radius 3 is 2.78 bits per heavy atom. The number of piperidine rings is 1. The molecule has 2 aromatic heterocycles. The van der Waals surface area contributed by atoms with Gasteiger partial charge in [0.05, 0.1) is 29.5 Å². The number of anilines is 2. The quantitative estimate of drug-likeness (QED) is 0.671. The van der Waals surface area contributed by atoms with E-state index in [-0.39, 0.29) is 28.5 Å². The van der Waals surface area contributed by atoms with Crippen molar-refractivity contribution in [3.8, 4) is 0 Å². The molecule has 7 nitrogen and oxygen atoms in total. The highest BCUT2D eigenvalue weighted by Crippen LogP contribution is 2.40. The van der Waals surface area contributed by atoms with Gasteiger partial charge in [-0.1, -0.05) is 11.6 Å². The van der Waals surface area contributed by atoms with Crippen molar-refractivity contribution in [1.82, 2.24) is 19.7 Å². The van der Waals surface area contributed by atoms with Crippen LogP contribution in [0.5, 0.6) is 0 Å². The number of nitrogens with zero attached hydrogens (tertiary/aromatic N) is 6. The van der Waals surface area contributed by atoms with Crippen LogP contribution >= 0.6 is 11.6 Å². The Kier molecular flexibility index (Phi) is 3.58. The van der Waals surface area contributed by atoms with Gasteiger partial charge in [0.2, 0.25) is 0 Å². The highest BCUT2D eigenvalue weighted by atomic mass is 35.5. The van der Waals surface area contributed by atoms with E-state index in [1.807, 2.05) is 0 Å². The third-order valence-electron chi connectivity index (χ3n) is 5.42. The molecule has 2 unspecified atom stereocenters. The van der Waals surface area contributed by atoms with Crippen LogP contribution in [0, 0.1) is 5.82 Å². The summed E-state index contributed by atoms with van der Waals surface area (Å²) in [5, 5.41) is 5.13. The van der Waals surface area contributed by atoms with Gasteiger partial charge in [-0.3, -0.25) is 4.79 Å². The Bertz CT molecular complexity index is 1110. The zero-order valence-electron chi connectivity index (χ0n) is 14.5. The number of halogens is 2. The first-order valence-electron chi connectivity index (χ1n) is 8.68. The SMILES string of the molecule is Cn1ncc(N2CC3CC(C2)N3c2ncnc3cc(F)ccc23)c(Cl)c1=O. The average Bonchev–Trinajstić information content (AvgIpc) is 2.66. The van der Waals surface area contributed by atoms with E-state index in [4.69, 9.17) is 11.6 Å². The Labute approximate surface area is 159 Å². The van der Waals surface area contributed by atoms with Gasteiger partial charge in [0.1, 0.15) is 23.0 Å². The summed E-state index contributed by atoms with van der Waals surface area (Å²) in [7, 11) is 1.58. The lowest BCUT2D eigenvalue weighted by atomic mass is 9.86. The fourth-order valence-corrected chi connectivity index (χ4v) is 4.39. The van der Waals surface area contributed by atoms with Gasteiger partial charge in [-0.05, 0) is 18.6 Å². The summed E-state index contributed by atoms with van der Waals surface area (Å²) in [4.78, 5) is 25.1. The molecule has 0 spiro atoms. The third kappa shape index (κ3) is 2.47. The number of piperazine rings is 1. The van der Waals surface area contributed by atoms with E-state index in [1.54, 1.807) is 19.3 Å². The lowest BCUT2D eigenvalue weighted by Gasteiger charge is -2.57. The molecule has 27 heavy (non-hydrogen) atoms. The number of hydrogen-bond acceptors (Lipinski definition) is 6. The summed E-state index contributed by atoms with van der Waals surface area (Å²) in [5.74, 6) is 0.518. The molecule has 2 bridgehead atoms. The molecule has 5 heterocycles. The molecule has 3 aliphatic rings. The van der Waals surface area contributed by atoms with Crippen LogP contribution in [0.3, 0.4) is 0 Å². The van der Waals surface area contributed by atoms with E-state index in [0.29, 0.717) is 11.2 Å². The van der Waals surface area contributed by atoms with Crippen LogP contribution in [-0.2, 0) is 7.05 Å². The molecule has 0 radical (unpaired) electrons. The predicted octanol–water partition coefficient (Wildman–Crippen LogP) is 1.98. The van der Waals surface area contributed by atoms with Crippen LogP contribution in [0.25, 0.3) is 10.9 Å². The molecule has 6 rings (SSSR count). The number of hydrogen-bond donors (Lipinski definition) is 0. The maximum Gasteiger partial charge on any atom is 0.287 e. The zero-order valence-corrected chi connectivity index (χ0v) is 15.3. The highest BCUT2D eigenvalue weighted by Gasteiger charge is 2.46. The largest absolute Gasteiger partial charge is 0.365 e. The van der Waals surface area contributed by atoms with Gasteiger partial charge >= 0.3 is 0 Å². The van der Waals surface area contributed by atoms with Crippen molar-refractivity contribution in [1.29, 1.82) is 0 Å². The average molecular weight is 387 g/mol. The number of benzene rings is 1. The normalized spacial score (nSPS) is 21.4. The van der Waals surface area contributed by atoms with Crippen molar-refractivity contribution in [2.45, 2.75) is 18.5 Å². The molecular formula is C18H16ClFN6O. The van der Waals surface area contributed by atoms with E-state index in [9.17, 15) is 9.18 Å². The number of fused-ring (bicyclic) bond motifs is 3. The van der Waals surface area contributed by atoms with Crippen molar-refractivity contribution in [2.24, 2.45) is 7.05 Å². The van der Waals surface area contributed by atoms with Crippen LogP contribution < -0.4 is 15.4 Å². The first kappa shape index (κ1) is 16.4. The van der Waals surface area contributed by atoms with Gasteiger partial charge in [0, 0.05) is 31.6 Å². The maximum absolute atomic E-state index is 13.5. The van der Waals surface area contributed by atoms with Gasteiger partial charge in [0.15, 0.2) is 0 Å². The minimum absolute atomic E-state index is 0.198. The maximum atomic E-state index is 13.5. The Morgan fingerprint density at radius 2 is 2.00 bits per heavy atom. The smallest absolute Gasteiger partial charge is 0.287 e. The van der Waals surface area contributed by atoms with E-state index >= 15 is 0 Å². The summed E-state index contributed by atoms with van der Waals surface area (Å²) in [6.45, 7) is 1.44. The summed E-state index contributed by atoms with van der Waals surface area (Å²) in [6, 6.07) is 5.07. The molecule has 3 aliphatic heterocycles. The molecule has 2 atom stereocenters. The predicted molar refractivity (Wildman–Crippen MR) is 101 cm³/mol. The molecule has 3 fully saturated rings. The van der Waals surface area contributed by atoms with Gasteiger partial charge < -0.3 is 9.80 Å². The molecule has 1 aromatic carbocycles. The lowest BCUT2D eigenvalue weighted by molar-refractivity contribution is 0.289. The first-order valence-corrected chi connectivity index (χ1v) is 9.06. The molecule has 0 N–H and O–H groups in total. The monoisotopic (exact) mass is 386 g/mol. The van der Waals surface area contributed by atoms with Crippen LogP contribution in [0.15, 0.2) is 35.5 Å². The van der Waals surface area contributed by atoms with Crippen molar-refractivity contribution >= 4 is 34.0 Å². The molecular weight excluding hydrogens is 371 g/mol. The number of aromatic nitrogens is 4. The van der Waals surface area contributed by atoms with Crippen molar-refractivity contribution in [3.05, 3.63) is 51.9 Å². The fourth-order valence-electron chi connectivity index (χ4n) is 4.10. The third-order valence-corrected chi connectivity index (χ3v) is 5.77. The van der Waals surface area contributed by atoms with E-state index in [1.165, 1.54) is 23.1 Å². The highest BCUT2D eigenvalue weighted by molar-refractivity contribution is 6.33. The van der Waals surface area contributed by atoms with Crippen molar-refractivity contribution in [3.63, 3.8) is 0 Å². The molecule has 0 saturated carbocycles. The topological polar surface area (TPSA) is 67.2 Å². The van der Waals surface area contributed by atoms with Gasteiger partial charge in [-0.15, -0.1) is 0 Å². The Morgan fingerprint density at radius 1 is 1.22 bits per heavy atom. The van der Waals surface area contributed by atoms with Crippen LogP contribution in [-0.4, -0.2) is 44.9 Å². The first-order chi connectivity index (χ1) is 13.0. The summed E-state index contributed by atoms with van der Waals surface area (Å²) in [5.41, 5.74) is 0.971. The van der Waals surface area contributed by atoms with E-state index in [0.717, 1.165) is 30.7 Å². The van der Waals surface area contributed by atoms with Gasteiger partial charge in [-0.2, -0.15) is 5.10 Å². The summed E-state index contributed by atoms with van der Waals surface area (Å²) >= 11 is 6.26. The summed E-state index contributed by atoms with van der Waals surface area (Å²) < 4.78 is 14.7. The lowest BCUT2D eigenvalue weighted by Crippen LogP contribution is -2.69. The molecule has 3 aromatic rings. The van der Waals surface area contributed by atoms with Gasteiger partial charge in [-0.25, -0.2) is 19.0 Å². The van der Waals surface area contributed by atoms with Crippen LogP contribution in [0.2, 0.25) is 5.02 Å². The minimum Gasteiger partial charge on any atom is -0.365 e. The van der Waals surface area contributed by atoms with Gasteiger partial charge in [0.25, 0.3) is 5.56 Å². The van der Waals surface area contributed by atoms with E-state index in [2.05, 4.69) is 24.9 Å². The van der Waals surface area contributed by atoms with Crippen LogP contribution in [0.1, 0.15) is 6.42 Å². The fraction of sp³-hybridized carbons (Fsp3) is 0.333. The van der Waals surface area contributed by atoms with Crippen LogP contribution in [0.4, 0.5) is 15.9 Å². The summed E-state index contributed by atoms with van der Waals surface area (Å²) in [6.07, 6.45) is 4.16. The van der Waals surface area contributed by atoms with Crippen molar-refractivity contribution < 1.29 is 4.39 Å². The van der Waals surface area contributed by atoms with E-state index < -0.39 is 0 Å². The molecule has 0 amide bonds. The molecule has 138 valence electrons. The number of rotatable bonds is 2. The van der Waals surface area contributed by atoms with Crippen molar-refractivity contribution in [2.75, 3.05) is 22.9 Å². The number of aryl methyl sites for hydroxylation is 1. The standard InChI is InChI=1S/C18H16ClFN6O/c1-24-18(27)16(19)15(6-23-24)25-7-11-5-12(8-25)26(11)17-13-3-2-10(20)4-14(13)21-9-22-17/h2-4,6,9,11-12H,5,7-8H2,1H3.